The standard InChI is InChI=1S/C24H26F2N2O3S/c1-3-32(30,31)16-7-8-21(28-11-9-23(10-12-28)15-24(23,25)26)19(13-16)20-14-27(2)22(29)18-6-4-5-17(18)20/h4-5,7-8,13-14H,3,6,9-12,15H2,1-2H3. The van der Waals surface area contributed by atoms with Crippen LogP contribution in [0, 0.1) is 5.41 Å². The first-order valence-corrected chi connectivity index (χ1v) is 12.6. The topological polar surface area (TPSA) is 59.4 Å². The van der Waals surface area contributed by atoms with Crippen molar-refractivity contribution in [2.45, 2.75) is 43.4 Å². The number of aryl methyl sites for hydroxylation is 1. The summed E-state index contributed by atoms with van der Waals surface area (Å²) < 4.78 is 54.5. The minimum atomic E-state index is -3.44. The number of nitrogens with zero attached hydrogens (tertiary/aromatic N) is 2. The molecule has 3 aliphatic rings. The summed E-state index contributed by atoms with van der Waals surface area (Å²) in [5, 5.41) is 0. The first kappa shape index (κ1) is 21.4. The molecule has 1 spiro atoms. The fourth-order valence-electron chi connectivity index (χ4n) is 5.18. The molecule has 5 rings (SSSR count). The van der Waals surface area contributed by atoms with E-state index in [1.807, 2.05) is 12.2 Å². The number of allylic oxidation sites excluding steroid dienone is 1. The molecule has 2 fully saturated rings. The van der Waals surface area contributed by atoms with Crippen LogP contribution in [0.15, 0.2) is 40.2 Å². The van der Waals surface area contributed by atoms with Gasteiger partial charge in [0.2, 0.25) is 0 Å². The van der Waals surface area contributed by atoms with Crippen LogP contribution in [-0.2, 0) is 23.3 Å². The van der Waals surface area contributed by atoms with Crippen LogP contribution >= 0.6 is 0 Å². The lowest BCUT2D eigenvalue weighted by Gasteiger charge is -2.35. The molecule has 1 saturated heterocycles. The Morgan fingerprint density at radius 2 is 1.81 bits per heavy atom. The van der Waals surface area contributed by atoms with E-state index in [9.17, 15) is 22.0 Å². The van der Waals surface area contributed by atoms with Gasteiger partial charge < -0.3 is 9.47 Å². The maximum absolute atomic E-state index is 13.9. The van der Waals surface area contributed by atoms with E-state index in [2.05, 4.69) is 4.90 Å². The summed E-state index contributed by atoms with van der Waals surface area (Å²) in [6.07, 6.45) is 6.93. The Hall–Kier alpha value is -2.48. The van der Waals surface area contributed by atoms with Gasteiger partial charge >= 0.3 is 0 Å². The normalized spacial score (nSPS) is 20.6. The lowest BCUT2D eigenvalue weighted by Crippen LogP contribution is -2.36. The number of benzene rings is 1. The highest BCUT2D eigenvalue weighted by atomic mass is 32.2. The molecule has 5 nitrogen and oxygen atoms in total. The molecule has 8 heteroatoms. The molecular formula is C24H26F2N2O3S. The van der Waals surface area contributed by atoms with Gasteiger partial charge in [-0.25, -0.2) is 17.2 Å². The molecule has 0 N–H and O–H groups in total. The predicted octanol–water partition coefficient (Wildman–Crippen LogP) is 4.04. The first-order valence-electron chi connectivity index (χ1n) is 11.0. The Balaban J connectivity index is 1.64. The van der Waals surface area contributed by atoms with E-state index in [0.29, 0.717) is 37.9 Å². The summed E-state index contributed by atoms with van der Waals surface area (Å²) in [6, 6.07) is 5.07. The third-order valence-electron chi connectivity index (χ3n) is 7.39. The number of sulfone groups is 1. The van der Waals surface area contributed by atoms with Crippen LogP contribution < -0.4 is 10.5 Å². The first-order chi connectivity index (χ1) is 15.1. The number of hydrogen-bond donors (Lipinski definition) is 0. The summed E-state index contributed by atoms with van der Waals surface area (Å²) in [7, 11) is -1.75. The molecule has 1 saturated carbocycles. The Kier molecular flexibility index (Phi) is 4.68. The highest BCUT2D eigenvalue weighted by Gasteiger charge is 2.70. The summed E-state index contributed by atoms with van der Waals surface area (Å²) in [6.45, 7) is 2.59. The maximum Gasteiger partial charge on any atom is 0.254 e. The molecule has 1 aromatic heterocycles. The van der Waals surface area contributed by atoms with Crippen molar-refractivity contribution in [3.05, 3.63) is 52.0 Å². The number of piperidine rings is 1. The number of fused-ring (bicyclic) bond motifs is 1. The fraction of sp³-hybridized carbons (Fsp3) is 0.458. The van der Waals surface area contributed by atoms with Crippen LogP contribution in [0.25, 0.3) is 17.2 Å². The van der Waals surface area contributed by atoms with Gasteiger partial charge in [0.25, 0.3) is 11.5 Å². The Morgan fingerprint density at radius 3 is 2.44 bits per heavy atom. The predicted molar refractivity (Wildman–Crippen MR) is 121 cm³/mol. The fourth-order valence-corrected chi connectivity index (χ4v) is 6.08. The van der Waals surface area contributed by atoms with Crippen LogP contribution in [0.2, 0.25) is 0 Å². The van der Waals surface area contributed by atoms with Gasteiger partial charge in [-0.2, -0.15) is 0 Å². The van der Waals surface area contributed by atoms with Crippen molar-refractivity contribution in [3.8, 4) is 11.1 Å². The number of anilines is 1. The minimum absolute atomic E-state index is 0.0155. The van der Waals surface area contributed by atoms with Crippen LogP contribution in [-0.4, -0.2) is 37.7 Å². The summed E-state index contributed by atoms with van der Waals surface area (Å²) in [4.78, 5) is 14.9. The van der Waals surface area contributed by atoms with Gasteiger partial charge in [0.05, 0.1) is 10.6 Å². The zero-order valence-electron chi connectivity index (χ0n) is 18.2. The SMILES string of the molecule is CCS(=O)(=O)c1ccc(N2CCC3(CC2)CC3(F)F)c(-c2cn(C)c(=O)c3c2C=CC3)c1. The number of rotatable bonds is 4. The van der Waals surface area contributed by atoms with E-state index in [4.69, 9.17) is 0 Å². The van der Waals surface area contributed by atoms with Crippen molar-refractivity contribution in [3.63, 3.8) is 0 Å². The van der Waals surface area contributed by atoms with Gasteiger partial charge in [-0.3, -0.25) is 4.79 Å². The lowest BCUT2D eigenvalue weighted by atomic mass is 9.91. The highest BCUT2D eigenvalue weighted by Crippen LogP contribution is 2.66. The molecule has 0 unspecified atom stereocenters. The van der Waals surface area contributed by atoms with Crippen molar-refractivity contribution in [2.75, 3.05) is 23.7 Å². The molecule has 0 amide bonds. The van der Waals surface area contributed by atoms with Crippen molar-refractivity contribution < 1.29 is 17.2 Å². The summed E-state index contributed by atoms with van der Waals surface area (Å²) >= 11 is 0. The molecule has 0 radical (unpaired) electrons. The van der Waals surface area contributed by atoms with Gasteiger partial charge in [-0.05, 0) is 43.0 Å². The molecule has 2 aliphatic carbocycles. The van der Waals surface area contributed by atoms with E-state index in [0.717, 1.165) is 22.4 Å². The number of pyridine rings is 1. The van der Waals surface area contributed by atoms with Crippen LogP contribution in [0.5, 0.6) is 0 Å². The van der Waals surface area contributed by atoms with E-state index in [-0.39, 0.29) is 22.6 Å². The molecule has 1 aliphatic heterocycles. The highest BCUT2D eigenvalue weighted by molar-refractivity contribution is 7.91. The van der Waals surface area contributed by atoms with E-state index in [1.54, 1.807) is 38.4 Å². The second kappa shape index (κ2) is 7.01. The second-order valence-electron chi connectivity index (χ2n) is 9.19. The van der Waals surface area contributed by atoms with Gasteiger partial charge in [-0.1, -0.05) is 19.1 Å². The van der Waals surface area contributed by atoms with Crippen LogP contribution in [0.4, 0.5) is 14.5 Å². The van der Waals surface area contributed by atoms with Gasteiger partial charge in [0.1, 0.15) is 0 Å². The molecular weight excluding hydrogens is 434 g/mol. The van der Waals surface area contributed by atoms with Crippen molar-refractivity contribution in [2.24, 2.45) is 12.5 Å². The molecule has 1 aromatic carbocycles. The summed E-state index contributed by atoms with van der Waals surface area (Å²) in [5.74, 6) is -2.58. The minimum Gasteiger partial charge on any atom is -0.371 e. The molecule has 2 heterocycles. The average molecular weight is 461 g/mol. The molecule has 170 valence electrons. The number of hydrogen-bond acceptors (Lipinski definition) is 4. The smallest absolute Gasteiger partial charge is 0.254 e. The second-order valence-corrected chi connectivity index (χ2v) is 11.5. The lowest BCUT2D eigenvalue weighted by molar-refractivity contribution is 0.0537. The van der Waals surface area contributed by atoms with Crippen LogP contribution in [0.3, 0.4) is 0 Å². The third kappa shape index (κ3) is 3.14. The van der Waals surface area contributed by atoms with E-state index in [1.165, 1.54) is 4.57 Å². The largest absolute Gasteiger partial charge is 0.371 e. The maximum atomic E-state index is 13.9. The average Bonchev–Trinajstić information content (AvgIpc) is 3.09. The number of aromatic nitrogens is 1. The molecule has 0 bridgehead atoms. The van der Waals surface area contributed by atoms with Crippen molar-refractivity contribution in [1.29, 1.82) is 0 Å². The van der Waals surface area contributed by atoms with Crippen molar-refractivity contribution >= 4 is 21.6 Å². The third-order valence-corrected chi connectivity index (χ3v) is 9.13. The van der Waals surface area contributed by atoms with E-state index < -0.39 is 21.2 Å². The van der Waals surface area contributed by atoms with Gasteiger partial charge in [0.15, 0.2) is 9.84 Å². The number of halogens is 2. The molecule has 0 atom stereocenters. The monoisotopic (exact) mass is 460 g/mol. The quantitative estimate of drug-likeness (QED) is 0.691. The number of alkyl halides is 2. The Morgan fingerprint density at radius 1 is 1.12 bits per heavy atom. The zero-order chi connectivity index (χ0) is 22.9. The molecule has 2 aromatic rings. The van der Waals surface area contributed by atoms with Gasteiger partial charge in [0, 0.05) is 60.5 Å². The Bertz CT molecular complexity index is 1300. The summed E-state index contributed by atoms with van der Waals surface area (Å²) in [5.41, 5.74) is 2.89. The van der Waals surface area contributed by atoms with Crippen molar-refractivity contribution in [1.82, 2.24) is 4.57 Å². The van der Waals surface area contributed by atoms with E-state index >= 15 is 0 Å². The van der Waals surface area contributed by atoms with Crippen LogP contribution in [0.1, 0.15) is 37.3 Å². The Labute approximate surface area is 186 Å². The van der Waals surface area contributed by atoms with Gasteiger partial charge in [-0.15, -0.1) is 0 Å². The zero-order valence-corrected chi connectivity index (χ0v) is 19.0. The molecule has 32 heavy (non-hydrogen) atoms.